The Hall–Kier alpha value is -3.52. The smallest absolute Gasteiger partial charge is 0.318 e. The number of pyridine rings is 1. The maximum Gasteiger partial charge on any atom is 0.318 e. The molecule has 7 nitrogen and oxygen atoms in total. The number of ether oxygens (including phenoxy) is 1. The van der Waals surface area contributed by atoms with E-state index in [1.165, 1.54) is 13.2 Å². The Morgan fingerprint density at radius 3 is 2.74 bits per heavy atom. The Balaban J connectivity index is 1.77. The molecule has 0 aliphatic carbocycles. The molecular weight excluding hydrogens is 447 g/mol. The highest BCUT2D eigenvalue weighted by Crippen LogP contribution is 2.39. The Morgan fingerprint density at radius 2 is 2.03 bits per heavy atom. The molecule has 1 atom stereocenters. The fourth-order valence-electron chi connectivity index (χ4n) is 5.22. The summed E-state index contributed by atoms with van der Waals surface area (Å²) in [6.45, 7) is 6.85. The predicted octanol–water partition coefficient (Wildman–Crippen LogP) is 4.92. The van der Waals surface area contributed by atoms with Crippen molar-refractivity contribution in [1.82, 2.24) is 15.0 Å². The molecule has 2 aromatic heterocycles. The van der Waals surface area contributed by atoms with Crippen molar-refractivity contribution in [2.24, 2.45) is 0 Å². The zero-order valence-electron chi connectivity index (χ0n) is 20.4. The topological polar surface area (TPSA) is 91.6 Å². The summed E-state index contributed by atoms with van der Waals surface area (Å²) in [5, 5.41) is 23.3. The molecular formula is C27H29FN4O3. The van der Waals surface area contributed by atoms with Gasteiger partial charge in [0, 0.05) is 30.4 Å². The number of phenols is 1. The lowest BCUT2D eigenvalue weighted by atomic mass is 9.93. The molecule has 8 heteroatoms. The van der Waals surface area contributed by atoms with Gasteiger partial charge in [0.25, 0.3) is 0 Å². The van der Waals surface area contributed by atoms with Crippen LogP contribution in [0.5, 0.6) is 11.8 Å². The Morgan fingerprint density at radius 1 is 1.23 bits per heavy atom. The van der Waals surface area contributed by atoms with Crippen LogP contribution >= 0.6 is 0 Å². The average Bonchev–Trinajstić information content (AvgIpc) is 2.83. The van der Waals surface area contributed by atoms with Crippen LogP contribution in [-0.2, 0) is 6.42 Å². The summed E-state index contributed by atoms with van der Waals surface area (Å²) < 4.78 is 20.2. The molecule has 35 heavy (non-hydrogen) atoms. The lowest BCUT2D eigenvalue weighted by Gasteiger charge is -2.37. The van der Waals surface area contributed by atoms with Crippen molar-refractivity contribution in [2.75, 3.05) is 25.1 Å². The van der Waals surface area contributed by atoms with E-state index >= 15 is 0 Å². The monoisotopic (exact) mass is 476 g/mol. The van der Waals surface area contributed by atoms with Crippen LogP contribution in [0.4, 0.5) is 10.2 Å². The van der Waals surface area contributed by atoms with Crippen molar-refractivity contribution in [1.29, 1.82) is 0 Å². The Kier molecular flexibility index (Phi) is 5.71. The van der Waals surface area contributed by atoms with Crippen LogP contribution in [0.3, 0.4) is 0 Å². The van der Waals surface area contributed by atoms with E-state index in [-0.39, 0.29) is 17.6 Å². The number of aryl methyl sites for hydroxylation is 2. The van der Waals surface area contributed by atoms with Crippen molar-refractivity contribution in [2.45, 2.75) is 45.6 Å². The van der Waals surface area contributed by atoms with E-state index < -0.39 is 5.60 Å². The normalized spacial score (nSPS) is 18.4. The first-order valence-electron chi connectivity index (χ1n) is 11.9. The molecule has 0 saturated carbocycles. The zero-order chi connectivity index (χ0) is 24.9. The standard InChI is InChI=1S/C27H29FN4O3/c1-5-18-21(28)8-7-16-11-17(33)12-19(22(16)18)23-15(2)24-20(13-29-23)25(31-26(30-24)35-4)32-10-6-9-27(3,34)14-32/h7-8,11-13,33-34H,5-6,9-10,14H2,1-4H3/t27-/m1/s1. The number of rotatable bonds is 4. The van der Waals surface area contributed by atoms with E-state index in [1.807, 2.05) is 25.7 Å². The van der Waals surface area contributed by atoms with E-state index in [9.17, 15) is 14.6 Å². The summed E-state index contributed by atoms with van der Waals surface area (Å²) in [4.78, 5) is 16.1. The number of hydrogen-bond donors (Lipinski definition) is 2. The van der Waals surface area contributed by atoms with Crippen molar-refractivity contribution in [3.8, 4) is 23.0 Å². The van der Waals surface area contributed by atoms with Crippen LogP contribution in [0, 0.1) is 12.7 Å². The molecule has 0 spiro atoms. The summed E-state index contributed by atoms with van der Waals surface area (Å²) in [5.74, 6) is 0.461. The number of fused-ring (bicyclic) bond motifs is 2. The number of hydrogen-bond acceptors (Lipinski definition) is 7. The van der Waals surface area contributed by atoms with Gasteiger partial charge in [0.2, 0.25) is 0 Å². The van der Waals surface area contributed by atoms with Gasteiger partial charge in [-0.1, -0.05) is 13.0 Å². The summed E-state index contributed by atoms with van der Waals surface area (Å²) in [6, 6.07) is 6.60. The van der Waals surface area contributed by atoms with Crippen LogP contribution in [0.15, 0.2) is 30.5 Å². The number of methoxy groups -OCH3 is 1. The molecule has 2 N–H and O–H groups in total. The third-order valence-corrected chi connectivity index (χ3v) is 6.86. The second kappa shape index (κ2) is 8.61. The van der Waals surface area contributed by atoms with Gasteiger partial charge in [-0.25, -0.2) is 4.39 Å². The number of aliphatic hydroxyl groups is 1. The van der Waals surface area contributed by atoms with E-state index in [2.05, 4.69) is 9.97 Å². The van der Waals surface area contributed by atoms with Crippen molar-refractivity contribution < 1.29 is 19.3 Å². The Labute approximate surface area is 203 Å². The van der Waals surface area contributed by atoms with Crippen molar-refractivity contribution in [3.05, 3.63) is 47.4 Å². The van der Waals surface area contributed by atoms with Crippen LogP contribution in [-0.4, -0.2) is 51.0 Å². The van der Waals surface area contributed by atoms with Gasteiger partial charge in [-0.05, 0) is 67.6 Å². The van der Waals surface area contributed by atoms with Gasteiger partial charge in [-0.3, -0.25) is 4.98 Å². The number of aromatic hydroxyl groups is 1. The first-order chi connectivity index (χ1) is 16.7. The van der Waals surface area contributed by atoms with Gasteiger partial charge < -0.3 is 19.8 Å². The summed E-state index contributed by atoms with van der Waals surface area (Å²) in [5.41, 5.74) is 2.45. The maximum absolute atomic E-state index is 14.7. The van der Waals surface area contributed by atoms with Gasteiger partial charge >= 0.3 is 6.01 Å². The number of aromatic nitrogens is 3. The van der Waals surface area contributed by atoms with E-state index in [0.29, 0.717) is 41.1 Å². The van der Waals surface area contributed by atoms with Crippen LogP contribution in [0.2, 0.25) is 0 Å². The number of halogens is 1. The van der Waals surface area contributed by atoms with E-state index in [1.54, 1.807) is 24.4 Å². The number of nitrogens with zero attached hydrogens (tertiary/aromatic N) is 4. The Bertz CT molecular complexity index is 1450. The second-order valence-corrected chi connectivity index (χ2v) is 9.52. The van der Waals surface area contributed by atoms with Gasteiger partial charge in [0.1, 0.15) is 17.4 Å². The van der Waals surface area contributed by atoms with Gasteiger partial charge in [-0.2, -0.15) is 9.97 Å². The predicted molar refractivity (Wildman–Crippen MR) is 135 cm³/mol. The number of piperidine rings is 1. The molecule has 4 aromatic rings. The molecule has 3 heterocycles. The largest absolute Gasteiger partial charge is 0.508 e. The van der Waals surface area contributed by atoms with Crippen molar-refractivity contribution in [3.63, 3.8) is 0 Å². The third-order valence-electron chi connectivity index (χ3n) is 6.86. The highest BCUT2D eigenvalue weighted by Gasteiger charge is 2.31. The molecule has 0 unspecified atom stereocenters. The number of benzene rings is 2. The lowest BCUT2D eigenvalue weighted by molar-refractivity contribution is 0.0447. The molecule has 1 aliphatic heterocycles. The quantitative estimate of drug-likeness (QED) is 0.432. The molecule has 0 amide bonds. The molecule has 1 aliphatic rings. The lowest BCUT2D eigenvalue weighted by Crippen LogP contribution is -2.46. The third kappa shape index (κ3) is 4.01. The van der Waals surface area contributed by atoms with Crippen LogP contribution in [0.1, 0.15) is 37.8 Å². The van der Waals surface area contributed by atoms with Gasteiger partial charge in [0.05, 0.1) is 29.3 Å². The van der Waals surface area contributed by atoms with E-state index in [4.69, 9.17) is 9.72 Å². The first-order valence-corrected chi connectivity index (χ1v) is 11.9. The summed E-state index contributed by atoms with van der Waals surface area (Å²) >= 11 is 0. The number of anilines is 1. The fourth-order valence-corrected chi connectivity index (χ4v) is 5.22. The van der Waals surface area contributed by atoms with Gasteiger partial charge in [-0.15, -0.1) is 0 Å². The fraction of sp³-hybridized carbons (Fsp3) is 0.370. The molecule has 182 valence electrons. The molecule has 1 saturated heterocycles. The minimum atomic E-state index is -0.813. The van der Waals surface area contributed by atoms with Crippen molar-refractivity contribution >= 4 is 27.5 Å². The minimum absolute atomic E-state index is 0.0824. The maximum atomic E-state index is 14.7. The molecule has 0 radical (unpaired) electrons. The van der Waals surface area contributed by atoms with Crippen LogP contribution in [0.25, 0.3) is 32.9 Å². The molecule has 2 aromatic carbocycles. The molecule has 5 rings (SSSR count). The minimum Gasteiger partial charge on any atom is -0.508 e. The number of β-amino-alcohol motifs (C(OH)–C–C–N with tert-alkyl or cyclic N) is 1. The SMILES string of the molecule is CCc1c(F)ccc2cc(O)cc(-c3ncc4c(N5CCC[C@@](C)(O)C5)nc(OC)nc4c3C)c12. The summed E-state index contributed by atoms with van der Waals surface area (Å²) in [7, 11) is 1.52. The summed E-state index contributed by atoms with van der Waals surface area (Å²) in [6.07, 6.45) is 3.79. The average molecular weight is 477 g/mol. The second-order valence-electron chi connectivity index (χ2n) is 9.52. The highest BCUT2D eigenvalue weighted by atomic mass is 19.1. The van der Waals surface area contributed by atoms with E-state index in [0.717, 1.165) is 41.1 Å². The van der Waals surface area contributed by atoms with Gasteiger partial charge in [0.15, 0.2) is 0 Å². The highest BCUT2D eigenvalue weighted by molar-refractivity contribution is 6.03. The number of phenolic OH excluding ortho intramolecular Hbond substituents is 1. The van der Waals surface area contributed by atoms with Crippen LogP contribution < -0.4 is 9.64 Å². The molecule has 0 bridgehead atoms. The molecule has 1 fully saturated rings. The first kappa shape index (κ1) is 23.2. The zero-order valence-corrected chi connectivity index (χ0v) is 20.4.